The minimum atomic E-state index is -0.123. The van der Waals surface area contributed by atoms with Crippen LogP contribution < -0.4 is 0 Å². The number of ether oxygens (including phenoxy) is 1. The predicted octanol–water partition coefficient (Wildman–Crippen LogP) is 3.83. The van der Waals surface area contributed by atoms with Gasteiger partial charge in [-0.3, -0.25) is 4.90 Å². The summed E-state index contributed by atoms with van der Waals surface area (Å²) in [7, 11) is 0. The van der Waals surface area contributed by atoms with Crippen molar-refractivity contribution in [1.82, 2.24) is 19.5 Å². The number of hydrogen-bond donors (Lipinski definition) is 1. The van der Waals surface area contributed by atoms with E-state index in [0.717, 1.165) is 23.5 Å². The van der Waals surface area contributed by atoms with E-state index >= 15 is 0 Å². The van der Waals surface area contributed by atoms with Crippen LogP contribution in [0.4, 0.5) is 0 Å². The molecule has 0 saturated carbocycles. The van der Waals surface area contributed by atoms with E-state index in [1.165, 1.54) is 15.9 Å². The average Bonchev–Trinajstić information content (AvgIpc) is 3.43. The minimum Gasteiger partial charge on any atom is -0.492 e. The number of rotatable bonds is 4. The molecule has 1 atom stereocenters. The lowest BCUT2D eigenvalue weighted by Crippen LogP contribution is -2.39. The minimum absolute atomic E-state index is 0.0942. The Morgan fingerprint density at radius 3 is 2.61 bits per heavy atom. The van der Waals surface area contributed by atoms with E-state index in [1.807, 2.05) is 24.3 Å². The Balaban J connectivity index is 1.59. The van der Waals surface area contributed by atoms with Gasteiger partial charge in [0.2, 0.25) is 16.7 Å². The standard InChI is InChI=1S/C19H17ClN4O3S/c20-13-5-3-12(4-6-13)15(23-7-10-26-11-8-23)16-18(25)24-19(28-16)21-17(22-24)14-2-1-9-27-14/h1-6,9,15,25H,7-8,10-11H2/t15-/m0/s1. The van der Waals surface area contributed by atoms with Crippen LogP contribution >= 0.6 is 22.9 Å². The Bertz CT molecular complexity index is 1080. The number of thiazole rings is 1. The van der Waals surface area contributed by atoms with Crippen LogP contribution in [0.25, 0.3) is 16.5 Å². The molecule has 4 heterocycles. The average molecular weight is 417 g/mol. The third kappa shape index (κ3) is 3.08. The van der Waals surface area contributed by atoms with Gasteiger partial charge in [0.05, 0.1) is 30.4 Å². The fraction of sp³-hybridized carbons (Fsp3) is 0.263. The lowest BCUT2D eigenvalue weighted by molar-refractivity contribution is 0.0241. The second kappa shape index (κ2) is 7.21. The quantitative estimate of drug-likeness (QED) is 0.545. The summed E-state index contributed by atoms with van der Waals surface area (Å²) in [4.78, 5) is 8.23. The second-order valence-electron chi connectivity index (χ2n) is 6.50. The SMILES string of the molecule is Oc1c([C@H](c2ccc(Cl)cc2)N2CCOCC2)sc2nc(-c3ccco3)nn12. The highest BCUT2D eigenvalue weighted by molar-refractivity contribution is 7.17. The normalized spacial score (nSPS) is 16.6. The first-order chi connectivity index (χ1) is 13.7. The van der Waals surface area contributed by atoms with Crippen LogP contribution in [0.15, 0.2) is 47.1 Å². The molecule has 144 valence electrons. The van der Waals surface area contributed by atoms with Crippen molar-refractivity contribution in [2.24, 2.45) is 0 Å². The van der Waals surface area contributed by atoms with Crippen LogP contribution in [-0.4, -0.2) is 50.9 Å². The summed E-state index contributed by atoms with van der Waals surface area (Å²) in [5.74, 6) is 1.11. The number of nitrogens with zero attached hydrogens (tertiary/aromatic N) is 4. The van der Waals surface area contributed by atoms with Gasteiger partial charge < -0.3 is 14.3 Å². The molecule has 28 heavy (non-hydrogen) atoms. The number of hydrogen-bond acceptors (Lipinski definition) is 7. The maximum atomic E-state index is 11.0. The van der Waals surface area contributed by atoms with Crippen molar-refractivity contribution in [2.45, 2.75) is 6.04 Å². The van der Waals surface area contributed by atoms with Gasteiger partial charge in [0.25, 0.3) is 0 Å². The Labute approximate surface area is 169 Å². The molecule has 3 aromatic heterocycles. The van der Waals surface area contributed by atoms with Crippen molar-refractivity contribution in [2.75, 3.05) is 26.3 Å². The number of aromatic hydroxyl groups is 1. The molecular formula is C19H17ClN4O3S. The van der Waals surface area contributed by atoms with Crippen molar-refractivity contribution in [3.63, 3.8) is 0 Å². The van der Waals surface area contributed by atoms with Gasteiger partial charge in [-0.2, -0.15) is 9.50 Å². The van der Waals surface area contributed by atoms with E-state index < -0.39 is 0 Å². The highest BCUT2D eigenvalue weighted by Crippen LogP contribution is 2.40. The van der Waals surface area contributed by atoms with Crippen LogP contribution in [0.5, 0.6) is 5.88 Å². The van der Waals surface area contributed by atoms with Gasteiger partial charge in [-0.05, 0) is 29.8 Å². The van der Waals surface area contributed by atoms with Gasteiger partial charge >= 0.3 is 0 Å². The largest absolute Gasteiger partial charge is 0.492 e. The van der Waals surface area contributed by atoms with Crippen molar-refractivity contribution < 1.29 is 14.3 Å². The molecule has 1 aliphatic rings. The molecular weight excluding hydrogens is 400 g/mol. The zero-order chi connectivity index (χ0) is 19.1. The fourth-order valence-corrected chi connectivity index (χ4v) is 4.69. The molecule has 1 saturated heterocycles. The first kappa shape index (κ1) is 17.7. The molecule has 1 N–H and O–H groups in total. The molecule has 0 bridgehead atoms. The molecule has 1 aliphatic heterocycles. The summed E-state index contributed by atoms with van der Waals surface area (Å²) >= 11 is 7.50. The zero-order valence-electron chi connectivity index (χ0n) is 14.8. The summed E-state index contributed by atoms with van der Waals surface area (Å²) in [6.07, 6.45) is 1.57. The smallest absolute Gasteiger partial charge is 0.230 e. The molecule has 7 nitrogen and oxygen atoms in total. The summed E-state index contributed by atoms with van der Waals surface area (Å²) in [5.41, 5.74) is 1.05. The number of fused-ring (bicyclic) bond motifs is 1. The van der Waals surface area contributed by atoms with Gasteiger partial charge in [0, 0.05) is 18.1 Å². The Kier molecular flexibility index (Phi) is 4.56. The lowest BCUT2D eigenvalue weighted by Gasteiger charge is -2.34. The third-order valence-electron chi connectivity index (χ3n) is 4.79. The van der Waals surface area contributed by atoms with Crippen LogP contribution in [0, 0.1) is 0 Å². The van der Waals surface area contributed by atoms with Gasteiger partial charge in [-0.25, -0.2) is 0 Å². The molecule has 9 heteroatoms. The first-order valence-corrected chi connectivity index (χ1v) is 10.1. The number of halogens is 1. The second-order valence-corrected chi connectivity index (χ2v) is 7.94. The molecule has 0 amide bonds. The van der Waals surface area contributed by atoms with Crippen molar-refractivity contribution in [3.05, 3.63) is 58.1 Å². The molecule has 1 fully saturated rings. The number of furan rings is 1. The van der Waals surface area contributed by atoms with E-state index in [-0.39, 0.29) is 11.9 Å². The molecule has 0 radical (unpaired) electrons. The van der Waals surface area contributed by atoms with Crippen molar-refractivity contribution in [1.29, 1.82) is 0 Å². The molecule has 0 aliphatic carbocycles. The molecule has 1 aromatic carbocycles. The van der Waals surface area contributed by atoms with Crippen LogP contribution in [0.1, 0.15) is 16.5 Å². The van der Waals surface area contributed by atoms with E-state index in [1.54, 1.807) is 18.4 Å². The van der Waals surface area contributed by atoms with E-state index in [9.17, 15) is 5.11 Å². The summed E-state index contributed by atoms with van der Waals surface area (Å²) in [6.45, 7) is 2.87. The van der Waals surface area contributed by atoms with Crippen LogP contribution in [0.2, 0.25) is 5.02 Å². The summed E-state index contributed by atoms with van der Waals surface area (Å²) in [5, 5.41) is 16.1. The lowest BCUT2D eigenvalue weighted by atomic mass is 10.0. The van der Waals surface area contributed by atoms with E-state index in [4.69, 9.17) is 20.8 Å². The maximum Gasteiger partial charge on any atom is 0.230 e. The predicted molar refractivity (Wildman–Crippen MR) is 106 cm³/mol. The Morgan fingerprint density at radius 2 is 1.93 bits per heavy atom. The maximum absolute atomic E-state index is 11.0. The highest BCUT2D eigenvalue weighted by atomic mass is 35.5. The van der Waals surface area contributed by atoms with Gasteiger partial charge in [-0.1, -0.05) is 35.1 Å². The van der Waals surface area contributed by atoms with Gasteiger partial charge in [0.15, 0.2) is 5.76 Å². The van der Waals surface area contributed by atoms with Crippen LogP contribution in [0.3, 0.4) is 0 Å². The topological polar surface area (TPSA) is 76.0 Å². The Hall–Kier alpha value is -2.39. The first-order valence-electron chi connectivity index (χ1n) is 8.90. The molecule has 0 unspecified atom stereocenters. The highest BCUT2D eigenvalue weighted by Gasteiger charge is 2.30. The third-order valence-corrected chi connectivity index (χ3v) is 6.11. The molecule has 0 spiro atoms. The molecule has 5 rings (SSSR count). The summed E-state index contributed by atoms with van der Waals surface area (Å²) in [6, 6.07) is 11.2. The summed E-state index contributed by atoms with van der Waals surface area (Å²) < 4.78 is 12.3. The van der Waals surface area contributed by atoms with Gasteiger partial charge in [0.1, 0.15) is 0 Å². The van der Waals surface area contributed by atoms with Crippen molar-refractivity contribution >= 4 is 27.9 Å². The Morgan fingerprint density at radius 1 is 1.14 bits per heavy atom. The van der Waals surface area contributed by atoms with Crippen LogP contribution in [-0.2, 0) is 4.74 Å². The number of morpholine rings is 1. The fourth-order valence-electron chi connectivity index (χ4n) is 3.45. The number of aromatic nitrogens is 3. The van der Waals surface area contributed by atoms with Crippen molar-refractivity contribution in [3.8, 4) is 17.5 Å². The monoisotopic (exact) mass is 416 g/mol. The van der Waals surface area contributed by atoms with E-state index in [0.29, 0.717) is 34.8 Å². The zero-order valence-corrected chi connectivity index (χ0v) is 16.4. The number of benzene rings is 1. The van der Waals surface area contributed by atoms with Gasteiger partial charge in [-0.15, -0.1) is 5.10 Å². The van der Waals surface area contributed by atoms with E-state index in [2.05, 4.69) is 15.0 Å². The molecule has 4 aromatic rings.